The van der Waals surface area contributed by atoms with Gasteiger partial charge in [0, 0.05) is 11.4 Å². The SMILES string of the molecule is CCCCCCN1c2ccc(OC)cc2Sc2c1ccc(OC)c2C=O. The second-order valence-corrected chi connectivity index (χ2v) is 7.35. The highest BCUT2D eigenvalue weighted by Crippen LogP contribution is 2.51. The fraction of sp³-hybridized carbons (Fsp3) is 0.381. The standard InChI is InChI=1S/C21H25NO3S/c1-4-5-6-7-12-22-17-9-8-15(24-2)13-20(17)26-21-16(14-23)19(25-3)11-10-18(21)22/h8-11,13-14H,4-7,12H2,1-3H3. The number of methoxy groups -OCH3 is 2. The van der Waals surface area contributed by atoms with E-state index >= 15 is 0 Å². The molecule has 0 fully saturated rings. The first kappa shape index (κ1) is 18.6. The van der Waals surface area contributed by atoms with Gasteiger partial charge in [0.1, 0.15) is 11.5 Å². The van der Waals surface area contributed by atoms with Gasteiger partial charge in [0.05, 0.1) is 36.1 Å². The van der Waals surface area contributed by atoms with Gasteiger partial charge in [0.2, 0.25) is 0 Å². The van der Waals surface area contributed by atoms with Crippen molar-refractivity contribution in [3.8, 4) is 11.5 Å². The van der Waals surface area contributed by atoms with Gasteiger partial charge in [-0.1, -0.05) is 37.9 Å². The second-order valence-electron chi connectivity index (χ2n) is 6.30. The van der Waals surface area contributed by atoms with Gasteiger partial charge in [-0.25, -0.2) is 0 Å². The molecule has 0 bridgehead atoms. The number of unbranched alkanes of at least 4 members (excludes halogenated alkanes) is 3. The predicted octanol–water partition coefficient (Wildman–Crippen LogP) is 5.70. The van der Waals surface area contributed by atoms with Crippen molar-refractivity contribution in [1.82, 2.24) is 0 Å². The lowest BCUT2D eigenvalue weighted by molar-refractivity contribution is 0.111. The predicted molar refractivity (Wildman–Crippen MR) is 107 cm³/mol. The van der Waals surface area contributed by atoms with E-state index in [1.165, 1.54) is 24.9 Å². The average Bonchev–Trinajstić information content (AvgIpc) is 2.68. The fourth-order valence-corrected chi connectivity index (χ4v) is 4.50. The van der Waals surface area contributed by atoms with Crippen LogP contribution in [-0.2, 0) is 0 Å². The van der Waals surface area contributed by atoms with E-state index in [1.54, 1.807) is 26.0 Å². The summed E-state index contributed by atoms with van der Waals surface area (Å²) in [5.41, 5.74) is 2.86. The third kappa shape index (κ3) is 3.54. The van der Waals surface area contributed by atoms with Crippen molar-refractivity contribution in [1.29, 1.82) is 0 Å². The summed E-state index contributed by atoms with van der Waals surface area (Å²) in [7, 11) is 3.27. The summed E-state index contributed by atoms with van der Waals surface area (Å²) in [4.78, 5) is 16.1. The van der Waals surface area contributed by atoms with Crippen LogP contribution in [0, 0.1) is 0 Å². The molecular weight excluding hydrogens is 346 g/mol. The molecule has 0 aromatic heterocycles. The normalized spacial score (nSPS) is 12.3. The Morgan fingerprint density at radius 2 is 1.85 bits per heavy atom. The van der Waals surface area contributed by atoms with Gasteiger partial charge in [-0.05, 0) is 36.8 Å². The van der Waals surface area contributed by atoms with Crippen molar-refractivity contribution in [3.63, 3.8) is 0 Å². The molecule has 0 spiro atoms. The van der Waals surface area contributed by atoms with E-state index in [9.17, 15) is 4.79 Å². The van der Waals surface area contributed by atoms with Crippen molar-refractivity contribution in [2.45, 2.75) is 42.4 Å². The van der Waals surface area contributed by atoms with E-state index in [2.05, 4.69) is 24.0 Å². The van der Waals surface area contributed by atoms with Gasteiger partial charge >= 0.3 is 0 Å². The number of fused-ring (bicyclic) bond motifs is 2. The van der Waals surface area contributed by atoms with Crippen LogP contribution in [0.4, 0.5) is 11.4 Å². The van der Waals surface area contributed by atoms with Gasteiger partial charge in [0.15, 0.2) is 6.29 Å². The lowest BCUT2D eigenvalue weighted by Crippen LogP contribution is -2.22. The zero-order chi connectivity index (χ0) is 18.5. The van der Waals surface area contributed by atoms with Crippen molar-refractivity contribution >= 4 is 29.4 Å². The smallest absolute Gasteiger partial charge is 0.155 e. The Morgan fingerprint density at radius 3 is 2.54 bits per heavy atom. The lowest BCUT2D eigenvalue weighted by Gasteiger charge is -2.34. The van der Waals surface area contributed by atoms with Crippen LogP contribution in [-0.4, -0.2) is 27.1 Å². The first-order valence-electron chi connectivity index (χ1n) is 9.03. The number of rotatable bonds is 8. The zero-order valence-electron chi connectivity index (χ0n) is 15.6. The van der Waals surface area contributed by atoms with E-state index in [4.69, 9.17) is 9.47 Å². The minimum Gasteiger partial charge on any atom is -0.497 e. The van der Waals surface area contributed by atoms with Crippen LogP contribution in [0.25, 0.3) is 0 Å². The number of hydrogen-bond acceptors (Lipinski definition) is 5. The minimum atomic E-state index is 0.613. The molecule has 2 aromatic carbocycles. The molecule has 138 valence electrons. The van der Waals surface area contributed by atoms with Crippen LogP contribution in [0.15, 0.2) is 40.1 Å². The molecule has 26 heavy (non-hydrogen) atoms. The summed E-state index contributed by atoms with van der Waals surface area (Å²) in [6, 6.07) is 10.1. The molecule has 0 aliphatic carbocycles. The van der Waals surface area contributed by atoms with Gasteiger partial charge in [-0.2, -0.15) is 0 Å². The Kier molecular flexibility index (Phi) is 6.09. The van der Waals surface area contributed by atoms with Crippen molar-refractivity contribution in [2.75, 3.05) is 25.7 Å². The van der Waals surface area contributed by atoms with E-state index in [0.29, 0.717) is 11.3 Å². The summed E-state index contributed by atoms with van der Waals surface area (Å²) in [5, 5.41) is 0. The van der Waals surface area contributed by atoms with Crippen molar-refractivity contribution in [3.05, 3.63) is 35.9 Å². The molecule has 1 aliphatic heterocycles. The number of aldehydes is 1. The molecule has 0 saturated heterocycles. The molecule has 0 radical (unpaired) electrons. The first-order chi connectivity index (χ1) is 12.7. The molecule has 0 saturated carbocycles. The van der Waals surface area contributed by atoms with E-state index in [1.807, 2.05) is 18.2 Å². The van der Waals surface area contributed by atoms with Crippen molar-refractivity contribution in [2.24, 2.45) is 0 Å². The van der Waals surface area contributed by atoms with Gasteiger partial charge in [-0.15, -0.1) is 0 Å². The number of anilines is 2. The molecule has 2 aromatic rings. The largest absolute Gasteiger partial charge is 0.497 e. The molecule has 0 atom stereocenters. The highest BCUT2D eigenvalue weighted by Gasteiger charge is 2.27. The summed E-state index contributed by atoms with van der Waals surface area (Å²) >= 11 is 1.61. The Bertz CT molecular complexity index is 791. The molecule has 1 aliphatic rings. The zero-order valence-corrected chi connectivity index (χ0v) is 16.4. The molecule has 3 rings (SSSR count). The third-order valence-electron chi connectivity index (χ3n) is 4.67. The van der Waals surface area contributed by atoms with Gasteiger partial charge in [0.25, 0.3) is 0 Å². The lowest BCUT2D eigenvalue weighted by atomic mass is 10.1. The topological polar surface area (TPSA) is 38.8 Å². The van der Waals surface area contributed by atoms with E-state index < -0.39 is 0 Å². The van der Waals surface area contributed by atoms with Crippen LogP contribution in [0.1, 0.15) is 43.0 Å². The highest BCUT2D eigenvalue weighted by atomic mass is 32.2. The maximum absolute atomic E-state index is 11.8. The monoisotopic (exact) mass is 371 g/mol. The molecular formula is C21H25NO3S. The minimum absolute atomic E-state index is 0.613. The number of hydrogen-bond donors (Lipinski definition) is 0. The Balaban J connectivity index is 2.04. The number of nitrogens with zero attached hydrogens (tertiary/aromatic N) is 1. The number of ether oxygens (including phenoxy) is 2. The maximum Gasteiger partial charge on any atom is 0.155 e. The molecule has 0 N–H and O–H groups in total. The number of carbonyl (C=O) groups is 1. The van der Waals surface area contributed by atoms with Crippen LogP contribution < -0.4 is 14.4 Å². The van der Waals surface area contributed by atoms with Crippen LogP contribution in [0.3, 0.4) is 0 Å². The fourth-order valence-electron chi connectivity index (χ4n) is 3.28. The Labute approximate surface area is 159 Å². The average molecular weight is 372 g/mol. The molecule has 4 nitrogen and oxygen atoms in total. The Hall–Kier alpha value is -2.14. The number of carbonyl (C=O) groups excluding carboxylic acids is 1. The quantitative estimate of drug-likeness (QED) is 0.440. The van der Waals surface area contributed by atoms with Crippen LogP contribution >= 0.6 is 11.8 Å². The molecule has 1 heterocycles. The summed E-state index contributed by atoms with van der Waals surface area (Å²) in [6.07, 6.45) is 5.68. The van der Waals surface area contributed by atoms with E-state index in [-0.39, 0.29) is 0 Å². The number of benzene rings is 2. The Morgan fingerprint density at radius 1 is 1.04 bits per heavy atom. The van der Waals surface area contributed by atoms with Crippen LogP contribution in [0.5, 0.6) is 11.5 Å². The van der Waals surface area contributed by atoms with Gasteiger partial charge < -0.3 is 14.4 Å². The molecule has 0 amide bonds. The van der Waals surface area contributed by atoms with E-state index in [0.717, 1.165) is 40.5 Å². The first-order valence-corrected chi connectivity index (χ1v) is 9.84. The maximum atomic E-state index is 11.8. The highest BCUT2D eigenvalue weighted by molar-refractivity contribution is 7.99. The summed E-state index contributed by atoms with van der Waals surface area (Å²) in [5.74, 6) is 1.43. The van der Waals surface area contributed by atoms with Crippen molar-refractivity contribution < 1.29 is 14.3 Å². The summed E-state index contributed by atoms with van der Waals surface area (Å²) in [6.45, 7) is 3.15. The second kappa shape index (κ2) is 8.49. The molecule has 5 heteroatoms. The third-order valence-corrected chi connectivity index (χ3v) is 5.85. The van der Waals surface area contributed by atoms with Gasteiger partial charge in [-0.3, -0.25) is 4.79 Å². The summed E-state index contributed by atoms with van der Waals surface area (Å²) < 4.78 is 10.8. The molecule has 0 unspecified atom stereocenters. The van der Waals surface area contributed by atoms with Crippen LogP contribution in [0.2, 0.25) is 0 Å².